The first-order chi connectivity index (χ1) is 8.19. The molecule has 3 nitrogen and oxygen atoms in total. The van der Waals surface area contributed by atoms with E-state index in [1.807, 2.05) is 12.1 Å². The lowest BCUT2D eigenvalue weighted by Gasteiger charge is -2.26. The van der Waals surface area contributed by atoms with Crippen molar-refractivity contribution < 1.29 is 4.74 Å². The van der Waals surface area contributed by atoms with Gasteiger partial charge in [-0.15, -0.1) is 0 Å². The zero-order chi connectivity index (χ0) is 12.3. The van der Waals surface area contributed by atoms with Crippen LogP contribution in [0.3, 0.4) is 0 Å². The van der Waals surface area contributed by atoms with Gasteiger partial charge in [0, 0.05) is 37.0 Å². The summed E-state index contributed by atoms with van der Waals surface area (Å²) in [4.78, 5) is 2.43. The topological polar surface area (TPSA) is 38.5 Å². The van der Waals surface area contributed by atoms with Gasteiger partial charge in [-0.3, -0.25) is 4.90 Å². The normalized spacial score (nSPS) is 16.7. The van der Waals surface area contributed by atoms with Gasteiger partial charge in [-0.05, 0) is 19.4 Å². The van der Waals surface area contributed by atoms with Crippen LogP contribution in [0.5, 0.6) is 5.75 Å². The van der Waals surface area contributed by atoms with Crippen LogP contribution in [0.2, 0.25) is 0 Å². The third-order valence-corrected chi connectivity index (χ3v) is 3.12. The van der Waals surface area contributed by atoms with Crippen LogP contribution in [0, 0.1) is 0 Å². The molecule has 0 fully saturated rings. The number of hydrogen-bond acceptors (Lipinski definition) is 3. The molecule has 0 amide bonds. The summed E-state index contributed by atoms with van der Waals surface area (Å²) in [5.74, 6) is 0.886. The summed E-state index contributed by atoms with van der Waals surface area (Å²) in [5.41, 5.74) is 9.16. The average Bonchev–Trinajstić information content (AvgIpc) is 2.31. The van der Waals surface area contributed by atoms with Gasteiger partial charge in [-0.1, -0.05) is 17.7 Å². The summed E-state index contributed by atoms with van der Waals surface area (Å²) in [7, 11) is 1.69. The van der Waals surface area contributed by atoms with Crippen molar-refractivity contribution in [2.45, 2.75) is 19.9 Å². The molecule has 0 saturated heterocycles. The first-order valence-electron chi connectivity index (χ1n) is 5.99. The molecule has 1 aromatic carbocycles. The highest BCUT2D eigenvalue weighted by Crippen LogP contribution is 2.24. The van der Waals surface area contributed by atoms with Crippen molar-refractivity contribution >= 4 is 5.69 Å². The number of ether oxygens (including phenoxy) is 1. The van der Waals surface area contributed by atoms with E-state index in [2.05, 4.69) is 24.0 Å². The van der Waals surface area contributed by atoms with E-state index in [9.17, 15) is 0 Å². The predicted molar refractivity (Wildman–Crippen MR) is 71.1 cm³/mol. The van der Waals surface area contributed by atoms with Crippen molar-refractivity contribution in [1.82, 2.24) is 4.90 Å². The van der Waals surface area contributed by atoms with Gasteiger partial charge >= 0.3 is 0 Å². The maximum atomic E-state index is 5.76. The van der Waals surface area contributed by atoms with Crippen LogP contribution < -0.4 is 10.5 Å². The molecule has 92 valence electrons. The second kappa shape index (κ2) is 5.23. The minimum Gasteiger partial charge on any atom is -0.496 e. The molecule has 0 atom stereocenters. The van der Waals surface area contributed by atoms with Gasteiger partial charge in [0.25, 0.3) is 0 Å². The number of nitrogens with zero attached hydrogens (tertiary/aromatic N) is 1. The van der Waals surface area contributed by atoms with E-state index in [4.69, 9.17) is 10.5 Å². The number of nitrogen functional groups attached to an aromatic ring is 1. The Morgan fingerprint density at radius 2 is 2.24 bits per heavy atom. The summed E-state index contributed by atoms with van der Waals surface area (Å²) >= 11 is 0. The Balaban J connectivity index is 2.10. The van der Waals surface area contributed by atoms with Gasteiger partial charge in [0.1, 0.15) is 5.75 Å². The molecule has 3 heteroatoms. The molecule has 0 unspecified atom stereocenters. The fraction of sp³-hybridized carbons (Fsp3) is 0.429. The van der Waals surface area contributed by atoms with Gasteiger partial charge in [0.15, 0.2) is 0 Å². The van der Waals surface area contributed by atoms with Crippen molar-refractivity contribution in [3.63, 3.8) is 0 Å². The molecule has 0 aromatic heterocycles. The Bertz CT molecular complexity index is 426. The van der Waals surface area contributed by atoms with Crippen LogP contribution in [-0.4, -0.2) is 25.1 Å². The van der Waals surface area contributed by atoms with Gasteiger partial charge in [0.2, 0.25) is 0 Å². The van der Waals surface area contributed by atoms with Crippen LogP contribution in [0.15, 0.2) is 29.8 Å². The van der Waals surface area contributed by atoms with Crippen LogP contribution in [0.4, 0.5) is 5.69 Å². The van der Waals surface area contributed by atoms with Crippen LogP contribution >= 0.6 is 0 Å². The quantitative estimate of drug-likeness (QED) is 0.642. The zero-order valence-electron chi connectivity index (χ0n) is 10.6. The fourth-order valence-electron chi connectivity index (χ4n) is 2.26. The summed E-state index contributed by atoms with van der Waals surface area (Å²) < 4.78 is 5.37. The molecule has 1 heterocycles. The maximum Gasteiger partial charge on any atom is 0.125 e. The second-order valence-electron chi connectivity index (χ2n) is 4.62. The number of benzene rings is 1. The van der Waals surface area contributed by atoms with E-state index in [1.165, 1.54) is 11.1 Å². The minimum absolute atomic E-state index is 0.750. The van der Waals surface area contributed by atoms with Crippen molar-refractivity contribution in [3.8, 4) is 5.75 Å². The number of hydrogen-bond donors (Lipinski definition) is 1. The molecular formula is C14H20N2O. The van der Waals surface area contributed by atoms with Crippen LogP contribution in [0.25, 0.3) is 0 Å². The van der Waals surface area contributed by atoms with E-state index in [0.717, 1.165) is 37.5 Å². The number of anilines is 1. The zero-order valence-corrected chi connectivity index (χ0v) is 10.6. The van der Waals surface area contributed by atoms with Crippen molar-refractivity contribution in [2.75, 3.05) is 25.9 Å². The molecule has 1 aliphatic rings. The molecule has 2 N–H and O–H groups in total. The van der Waals surface area contributed by atoms with Crippen LogP contribution in [0.1, 0.15) is 18.9 Å². The Kier molecular flexibility index (Phi) is 3.69. The molecule has 0 bridgehead atoms. The van der Waals surface area contributed by atoms with Crippen molar-refractivity contribution in [3.05, 3.63) is 35.4 Å². The summed E-state index contributed by atoms with van der Waals surface area (Å²) in [6.07, 6.45) is 3.46. The maximum absolute atomic E-state index is 5.76. The second-order valence-corrected chi connectivity index (χ2v) is 4.62. The Morgan fingerprint density at radius 3 is 2.94 bits per heavy atom. The van der Waals surface area contributed by atoms with Crippen molar-refractivity contribution in [2.24, 2.45) is 0 Å². The van der Waals surface area contributed by atoms with E-state index in [-0.39, 0.29) is 0 Å². The number of methoxy groups -OCH3 is 1. The Hall–Kier alpha value is -1.48. The van der Waals surface area contributed by atoms with E-state index in [0.29, 0.717) is 0 Å². The third-order valence-electron chi connectivity index (χ3n) is 3.12. The molecule has 1 aromatic rings. The van der Waals surface area contributed by atoms with Crippen molar-refractivity contribution in [1.29, 1.82) is 0 Å². The Labute approximate surface area is 103 Å². The first-order valence-corrected chi connectivity index (χ1v) is 5.99. The highest BCUT2D eigenvalue weighted by Gasteiger charge is 2.12. The van der Waals surface area contributed by atoms with Gasteiger partial charge in [-0.2, -0.15) is 0 Å². The van der Waals surface area contributed by atoms with E-state index in [1.54, 1.807) is 7.11 Å². The molecule has 0 saturated carbocycles. The lowest BCUT2D eigenvalue weighted by molar-refractivity contribution is 0.277. The molecule has 1 aliphatic heterocycles. The molecule has 0 aliphatic carbocycles. The lowest BCUT2D eigenvalue weighted by atomic mass is 10.1. The highest BCUT2D eigenvalue weighted by molar-refractivity contribution is 5.48. The van der Waals surface area contributed by atoms with Gasteiger partial charge < -0.3 is 10.5 Å². The molecule has 2 rings (SSSR count). The highest BCUT2D eigenvalue weighted by atomic mass is 16.5. The summed E-state index contributed by atoms with van der Waals surface area (Å²) in [6, 6.07) is 5.88. The predicted octanol–water partition coefficient (Wildman–Crippen LogP) is 2.43. The SMILES string of the molecule is COc1cc(N)ccc1CN1CCC=C(C)C1. The van der Waals surface area contributed by atoms with E-state index >= 15 is 0 Å². The standard InChI is InChI=1S/C14H20N2O/c1-11-4-3-7-16(9-11)10-12-5-6-13(15)8-14(12)17-2/h4-6,8H,3,7,9-10,15H2,1-2H3. The number of rotatable bonds is 3. The third kappa shape index (κ3) is 3.01. The van der Waals surface area contributed by atoms with Crippen LogP contribution in [-0.2, 0) is 6.54 Å². The smallest absolute Gasteiger partial charge is 0.125 e. The van der Waals surface area contributed by atoms with E-state index < -0.39 is 0 Å². The molecular weight excluding hydrogens is 212 g/mol. The van der Waals surface area contributed by atoms with Gasteiger partial charge in [0.05, 0.1) is 7.11 Å². The average molecular weight is 232 g/mol. The molecule has 17 heavy (non-hydrogen) atoms. The minimum atomic E-state index is 0.750. The summed E-state index contributed by atoms with van der Waals surface area (Å²) in [5, 5.41) is 0. The first kappa shape index (κ1) is 12.0. The molecule has 0 spiro atoms. The molecule has 0 radical (unpaired) electrons. The lowest BCUT2D eigenvalue weighted by Crippen LogP contribution is -2.29. The Morgan fingerprint density at radius 1 is 1.41 bits per heavy atom. The monoisotopic (exact) mass is 232 g/mol. The van der Waals surface area contributed by atoms with Gasteiger partial charge in [-0.25, -0.2) is 0 Å². The number of nitrogens with two attached hydrogens (primary N) is 1. The summed E-state index contributed by atoms with van der Waals surface area (Å²) in [6.45, 7) is 5.28. The fourth-order valence-corrected chi connectivity index (χ4v) is 2.26. The largest absolute Gasteiger partial charge is 0.496 e.